The van der Waals surface area contributed by atoms with Crippen molar-refractivity contribution in [3.8, 4) is 11.7 Å². The second-order valence-electron chi connectivity index (χ2n) is 12.6. The summed E-state index contributed by atoms with van der Waals surface area (Å²) < 4.78 is 49.0. The van der Waals surface area contributed by atoms with Crippen molar-refractivity contribution < 1.29 is 22.7 Å². The molecule has 1 amide bonds. The maximum atomic E-state index is 13.1. The Bertz CT molecular complexity index is 1500. The summed E-state index contributed by atoms with van der Waals surface area (Å²) in [5, 5.41) is 8.21. The second kappa shape index (κ2) is 14.4. The molecule has 4 heterocycles. The number of hydrogen-bond donors (Lipinski definition) is 2. The fourth-order valence-electron chi connectivity index (χ4n) is 6.22. The van der Waals surface area contributed by atoms with Crippen LogP contribution >= 0.6 is 23.5 Å². The first kappa shape index (κ1) is 34.3. The lowest BCUT2D eigenvalue weighted by molar-refractivity contribution is -0.190. The molecule has 0 bridgehead atoms. The van der Waals surface area contributed by atoms with Gasteiger partial charge in [0.15, 0.2) is 5.82 Å². The van der Waals surface area contributed by atoms with Gasteiger partial charge >= 0.3 is 6.18 Å². The molecular formula is C32H41ClF3N7O2S. The SMILES string of the molecule is CCCC1(C)CC(CCCNc2cccc(SNC(=O)c3ccc(-n4ccc(OCCC5(C(F)(F)F)CC5)n4)nc3Cl)n2)CN1C. The first-order valence-electron chi connectivity index (χ1n) is 15.7. The highest BCUT2D eigenvalue weighted by Gasteiger charge is 2.62. The van der Waals surface area contributed by atoms with Gasteiger partial charge in [-0.15, -0.1) is 5.10 Å². The molecule has 250 valence electrons. The number of nitrogens with one attached hydrogen (secondary N) is 2. The van der Waals surface area contributed by atoms with Crippen LogP contribution < -0.4 is 14.8 Å². The van der Waals surface area contributed by atoms with Gasteiger partial charge in [0.25, 0.3) is 5.91 Å². The number of likely N-dealkylation sites (tertiary alicyclic amines) is 1. The average Bonchev–Trinajstić information content (AvgIpc) is 3.58. The lowest BCUT2D eigenvalue weighted by Gasteiger charge is -2.31. The van der Waals surface area contributed by atoms with Crippen molar-refractivity contribution in [3.05, 3.63) is 53.3 Å². The monoisotopic (exact) mass is 679 g/mol. The van der Waals surface area contributed by atoms with E-state index in [4.69, 9.17) is 16.3 Å². The van der Waals surface area contributed by atoms with Gasteiger partial charge in [-0.05, 0) is 89.1 Å². The number of ether oxygens (including phenoxy) is 1. The summed E-state index contributed by atoms with van der Waals surface area (Å²) in [6.45, 7) is 6.53. The van der Waals surface area contributed by atoms with Gasteiger partial charge in [-0.2, -0.15) is 13.2 Å². The number of hydrogen-bond acceptors (Lipinski definition) is 8. The number of halogens is 4. The highest BCUT2D eigenvalue weighted by atomic mass is 35.5. The third kappa shape index (κ3) is 8.27. The number of carbonyl (C=O) groups excluding carboxylic acids is 1. The van der Waals surface area contributed by atoms with Crippen molar-refractivity contribution in [3.63, 3.8) is 0 Å². The Labute approximate surface area is 277 Å². The fourth-order valence-corrected chi connectivity index (χ4v) is 7.05. The summed E-state index contributed by atoms with van der Waals surface area (Å²) in [5.74, 6) is 1.53. The Morgan fingerprint density at radius 3 is 2.70 bits per heavy atom. The fraction of sp³-hybridized carbons (Fsp3) is 0.562. The van der Waals surface area contributed by atoms with Crippen LogP contribution in [0.3, 0.4) is 0 Å². The second-order valence-corrected chi connectivity index (χ2v) is 13.8. The normalized spacial score (nSPS) is 20.9. The number of aromatic nitrogens is 4. The summed E-state index contributed by atoms with van der Waals surface area (Å²) in [6.07, 6.45) is 3.43. The molecule has 0 aromatic carbocycles. The molecule has 2 N–H and O–H groups in total. The Balaban J connectivity index is 1.06. The molecule has 9 nitrogen and oxygen atoms in total. The van der Waals surface area contributed by atoms with Gasteiger partial charge < -0.3 is 15.0 Å². The van der Waals surface area contributed by atoms with Crippen LogP contribution in [-0.4, -0.2) is 69.0 Å². The molecule has 2 unspecified atom stereocenters. The molecule has 3 aromatic rings. The third-order valence-corrected chi connectivity index (χ3v) is 10.2. The summed E-state index contributed by atoms with van der Waals surface area (Å²) >= 11 is 7.42. The van der Waals surface area contributed by atoms with Crippen molar-refractivity contribution in [2.24, 2.45) is 11.3 Å². The van der Waals surface area contributed by atoms with E-state index in [0.29, 0.717) is 22.3 Å². The molecule has 2 atom stereocenters. The number of anilines is 1. The quantitative estimate of drug-likeness (QED) is 0.0965. The molecule has 2 fully saturated rings. The topological polar surface area (TPSA) is 97.2 Å². The highest BCUT2D eigenvalue weighted by Crippen LogP contribution is 2.59. The number of amides is 1. The van der Waals surface area contributed by atoms with Crippen LogP contribution in [0.4, 0.5) is 19.0 Å². The van der Waals surface area contributed by atoms with E-state index in [9.17, 15) is 18.0 Å². The summed E-state index contributed by atoms with van der Waals surface area (Å²) in [5.41, 5.74) is -1.14. The molecule has 1 saturated heterocycles. The molecule has 0 spiro atoms. The number of rotatable bonds is 15. The van der Waals surface area contributed by atoms with E-state index >= 15 is 0 Å². The third-order valence-electron chi connectivity index (χ3n) is 9.20. The van der Waals surface area contributed by atoms with Crippen molar-refractivity contribution in [1.29, 1.82) is 0 Å². The number of nitrogens with zero attached hydrogens (tertiary/aromatic N) is 5. The average molecular weight is 680 g/mol. The van der Waals surface area contributed by atoms with Crippen LogP contribution in [0.1, 0.15) is 75.6 Å². The van der Waals surface area contributed by atoms with Crippen molar-refractivity contribution in [2.45, 2.75) is 82.0 Å². The molecule has 1 aliphatic heterocycles. The minimum atomic E-state index is -4.22. The minimum absolute atomic E-state index is 0.0266. The van der Waals surface area contributed by atoms with Crippen LogP contribution in [0.15, 0.2) is 47.6 Å². The number of pyridine rings is 2. The van der Waals surface area contributed by atoms with Gasteiger partial charge in [0.1, 0.15) is 16.0 Å². The smallest absolute Gasteiger partial charge is 0.394 e. The highest BCUT2D eigenvalue weighted by molar-refractivity contribution is 7.97. The van der Waals surface area contributed by atoms with Gasteiger partial charge in [-0.25, -0.2) is 14.6 Å². The lowest BCUT2D eigenvalue weighted by Crippen LogP contribution is -2.37. The van der Waals surface area contributed by atoms with Crippen molar-refractivity contribution in [2.75, 3.05) is 32.1 Å². The van der Waals surface area contributed by atoms with Gasteiger partial charge in [-0.1, -0.05) is 31.0 Å². The van der Waals surface area contributed by atoms with E-state index in [0.717, 1.165) is 37.3 Å². The molecule has 5 rings (SSSR count). The lowest BCUT2D eigenvalue weighted by atomic mass is 9.88. The van der Waals surface area contributed by atoms with E-state index in [1.165, 1.54) is 42.5 Å². The zero-order valence-corrected chi connectivity index (χ0v) is 27.9. The Morgan fingerprint density at radius 1 is 1.17 bits per heavy atom. The predicted octanol–water partition coefficient (Wildman–Crippen LogP) is 7.57. The maximum absolute atomic E-state index is 13.1. The number of carbonyl (C=O) groups is 1. The van der Waals surface area contributed by atoms with E-state index in [1.807, 2.05) is 18.2 Å². The molecule has 1 saturated carbocycles. The van der Waals surface area contributed by atoms with E-state index < -0.39 is 17.5 Å². The van der Waals surface area contributed by atoms with E-state index in [2.05, 4.69) is 50.9 Å². The Kier molecular flexibility index (Phi) is 10.7. The minimum Gasteiger partial charge on any atom is -0.477 e. The molecule has 0 radical (unpaired) electrons. The summed E-state index contributed by atoms with van der Waals surface area (Å²) in [7, 11) is 2.24. The maximum Gasteiger partial charge on any atom is 0.394 e. The summed E-state index contributed by atoms with van der Waals surface area (Å²) in [4.78, 5) is 24.3. The Hall–Kier alpha value is -3.03. The molecule has 2 aliphatic rings. The van der Waals surface area contributed by atoms with Crippen LogP contribution in [0, 0.1) is 11.3 Å². The first-order valence-corrected chi connectivity index (χ1v) is 16.9. The Morgan fingerprint density at radius 2 is 1.98 bits per heavy atom. The molecular weight excluding hydrogens is 639 g/mol. The first-order chi connectivity index (χ1) is 21.9. The number of alkyl halides is 3. The molecule has 46 heavy (non-hydrogen) atoms. The zero-order chi connectivity index (χ0) is 33.0. The van der Waals surface area contributed by atoms with Crippen LogP contribution in [0.2, 0.25) is 5.15 Å². The van der Waals surface area contributed by atoms with Crippen molar-refractivity contribution in [1.82, 2.24) is 29.4 Å². The predicted molar refractivity (Wildman–Crippen MR) is 174 cm³/mol. The van der Waals surface area contributed by atoms with Gasteiger partial charge in [-0.3, -0.25) is 9.52 Å². The van der Waals surface area contributed by atoms with Crippen LogP contribution in [0.25, 0.3) is 5.82 Å². The van der Waals surface area contributed by atoms with Crippen molar-refractivity contribution >= 4 is 35.3 Å². The summed E-state index contributed by atoms with van der Waals surface area (Å²) in [6, 6.07) is 10.2. The largest absolute Gasteiger partial charge is 0.477 e. The molecule has 1 aliphatic carbocycles. The molecule has 3 aromatic heterocycles. The van der Waals surface area contributed by atoms with Crippen LogP contribution in [0.5, 0.6) is 5.88 Å². The standard InChI is InChI=1S/C32H41ClF3N7O2S/c1-4-13-30(2)20-22(21-42(30)3)7-6-17-37-24-8-5-9-27(38-24)46-41-29(44)23-10-11-25(39-28(23)33)43-18-12-26(40-43)45-19-16-31(14-15-31)32(34,35)36/h5,8-12,18,22H,4,6-7,13-17,19-21H2,1-3H3,(H,37,38)(H,41,44). The van der Waals surface area contributed by atoms with Gasteiger partial charge in [0, 0.05) is 42.8 Å². The van der Waals surface area contributed by atoms with E-state index in [-0.39, 0.29) is 42.5 Å². The van der Waals surface area contributed by atoms with Crippen LogP contribution in [-0.2, 0) is 0 Å². The molecule has 14 heteroatoms. The van der Waals surface area contributed by atoms with E-state index in [1.54, 1.807) is 12.3 Å². The van der Waals surface area contributed by atoms with Gasteiger partial charge in [0.2, 0.25) is 5.88 Å². The zero-order valence-electron chi connectivity index (χ0n) is 26.4. The van der Waals surface area contributed by atoms with Gasteiger partial charge in [0.05, 0.1) is 17.6 Å².